The van der Waals surface area contributed by atoms with Crippen molar-refractivity contribution in [1.82, 2.24) is 9.66 Å². The van der Waals surface area contributed by atoms with Crippen molar-refractivity contribution >= 4 is 40.4 Å². The molecule has 0 bridgehead atoms. The summed E-state index contributed by atoms with van der Waals surface area (Å²) < 4.78 is 2.00. The summed E-state index contributed by atoms with van der Waals surface area (Å²) >= 11 is 7.58. The first-order valence-corrected chi connectivity index (χ1v) is 8.30. The van der Waals surface area contributed by atoms with Crippen molar-refractivity contribution in [3.63, 3.8) is 0 Å². The number of hydrogen-bond donors (Lipinski definition) is 1. The molecule has 1 saturated heterocycles. The molecule has 0 amide bonds. The second-order valence-electron chi connectivity index (χ2n) is 5.01. The summed E-state index contributed by atoms with van der Waals surface area (Å²) in [5.41, 5.74) is 1.68. The zero-order valence-corrected chi connectivity index (χ0v) is 13.0. The first-order valence-electron chi connectivity index (χ1n) is 6.93. The number of para-hydroxylation sites is 1. The first-order chi connectivity index (χ1) is 10.2. The summed E-state index contributed by atoms with van der Waals surface area (Å²) in [5, 5.41) is 12.5. The number of nitrogens with zero attached hydrogens (tertiary/aromatic N) is 3. The van der Waals surface area contributed by atoms with Gasteiger partial charge in [0.2, 0.25) is 0 Å². The molecule has 3 rings (SSSR count). The molecular weight excluding hydrogens is 310 g/mol. The lowest BCUT2D eigenvalue weighted by molar-refractivity contribution is -0.133. The summed E-state index contributed by atoms with van der Waals surface area (Å²) in [4.78, 5) is 15.4. The Bertz CT molecular complexity index is 668. The van der Waals surface area contributed by atoms with Gasteiger partial charge in [0.05, 0.1) is 16.3 Å². The Kier molecular flexibility index (Phi) is 4.26. The van der Waals surface area contributed by atoms with Gasteiger partial charge in [0.1, 0.15) is 5.52 Å². The van der Waals surface area contributed by atoms with E-state index in [0.717, 1.165) is 37.0 Å². The van der Waals surface area contributed by atoms with Crippen molar-refractivity contribution in [3.05, 3.63) is 23.2 Å². The van der Waals surface area contributed by atoms with Crippen molar-refractivity contribution in [2.24, 2.45) is 0 Å². The lowest BCUT2D eigenvalue weighted by Crippen LogP contribution is -2.39. The first kappa shape index (κ1) is 14.5. The Morgan fingerprint density at radius 2 is 2.10 bits per heavy atom. The Hall–Kier alpha value is -1.40. The number of aliphatic carboxylic acids is 1. The highest BCUT2D eigenvalue weighted by molar-refractivity contribution is 7.99. The second kappa shape index (κ2) is 6.15. The molecule has 7 heteroatoms. The third-order valence-corrected chi connectivity index (χ3v) is 4.73. The lowest BCUT2D eigenvalue weighted by Gasteiger charge is -2.31. The van der Waals surface area contributed by atoms with Crippen LogP contribution in [0.1, 0.15) is 19.3 Å². The minimum atomic E-state index is -0.844. The molecule has 1 aliphatic rings. The fraction of sp³-hybridized carbons (Fsp3) is 0.429. The van der Waals surface area contributed by atoms with E-state index >= 15 is 0 Å². The van der Waals surface area contributed by atoms with E-state index in [1.54, 1.807) is 0 Å². The number of carboxylic acid groups (broad SMARTS) is 1. The fourth-order valence-electron chi connectivity index (χ4n) is 2.61. The number of piperidine rings is 1. The van der Waals surface area contributed by atoms with Gasteiger partial charge < -0.3 is 10.1 Å². The van der Waals surface area contributed by atoms with Gasteiger partial charge in [-0.25, -0.2) is 9.66 Å². The van der Waals surface area contributed by atoms with Crippen molar-refractivity contribution in [2.75, 3.05) is 23.9 Å². The van der Waals surface area contributed by atoms with Gasteiger partial charge in [-0.2, -0.15) is 0 Å². The number of aromatic nitrogens is 2. The monoisotopic (exact) mass is 325 g/mol. The van der Waals surface area contributed by atoms with Crippen LogP contribution >= 0.6 is 23.4 Å². The SMILES string of the molecule is O=C(O)CSc1nc2cccc(Cl)c2n1N1CCCCC1. The van der Waals surface area contributed by atoms with E-state index in [-0.39, 0.29) is 5.75 Å². The Balaban J connectivity index is 2.07. The Morgan fingerprint density at radius 3 is 2.81 bits per heavy atom. The van der Waals surface area contributed by atoms with Gasteiger partial charge in [0.15, 0.2) is 5.16 Å². The molecule has 0 atom stereocenters. The summed E-state index contributed by atoms with van der Waals surface area (Å²) in [6.07, 6.45) is 3.49. The molecule has 2 heterocycles. The van der Waals surface area contributed by atoms with Crippen LogP contribution < -0.4 is 5.01 Å². The Labute approximate surface area is 131 Å². The van der Waals surface area contributed by atoms with Gasteiger partial charge in [-0.3, -0.25) is 4.79 Å². The van der Waals surface area contributed by atoms with Gasteiger partial charge in [0, 0.05) is 13.1 Å². The van der Waals surface area contributed by atoms with Crippen LogP contribution in [0.3, 0.4) is 0 Å². The summed E-state index contributed by atoms with van der Waals surface area (Å²) in [6, 6.07) is 5.62. The molecule has 1 aromatic heterocycles. The Morgan fingerprint density at radius 1 is 1.33 bits per heavy atom. The smallest absolute Gasteiger partial charge is 0.313 e. The highest BCUT2D eigenvalue weighted by Gasteiger charge is 2.21. The van der Waals surface area contributed by atoms with Crippen LogP contribution in [0.15, 0.2) is 23.4 Å². The van der Waals surface area contributed by atoms with E-state index in [4.69, 9.17) is 16.7 Å². The minimum absolute atomic E-state index is 0.00518. The molecule has 21 heavy (non-hydrogen) atoms. The zero-order valence-electron chi connectivity index (χ0n) is 11.5. The van der Waals surface area contributed by atoms with Gasteiger partial charge in [-0.1, -0.05) is 29.4 Å². The van der Waals surface area contributed by atoms with Crippen molar-refractivity contribution in [1.29, 1.82) is 0 Å². The summed E-state index contributed by atoms with van der Waals surface area (Å²) in [6.45, 7) is 1.88. The molecule has 5 nitrogen and oxygen atoms in total. The van der Waals surface area contributed by atoms with E-state index in [2.05, 4.69) is 9.99 Å². The van der Waals surface area contributed by atoms with Crippen molar-refractivity contribution in [2.45, 2.75) is 24.4 Å². The quantitative estimate of drug-likeness (QED) is 0.876. The van der Waals surface area contributed by atoms with E-state index in [0.29, 0.717) is 10.2 Å². The van der Waals surface area contributed by atoms with Crippen LogP contribution in [0, 0.1) is 0 Å². The van der Waals surface area contributed by atoms with Crippen molar-refractivity contribution < 1.29 is 9.90 Å². The van der Waals surface area contributed by atoms with Crippen LogP contribution in [0.5, 0.6) is 0 Å². The van der Waals surface area contributed by atoms with E-state index < -0.39 is 5.97 Å². The molecule has 0 spiro atoms. The molecule has 112 valence electrons. The molecule has 0 unspecified atom stereocenters. The average Bonchev–Trinajstić information content (AvgIpc) is 2.86. The molecule has 1 N–H and O–H groups in total. The molecule has 1 fully saturated rings. The second-order valence-corrected chi connectivity index (χ2v) is 6.36. The minimum Gasteiger partial charge on any atom is -0.481 e. The number of thioether (sulfide) groups is 1. The van der Waals surface area contributed by atoms with Crippen LogP contribution in [-0.4, -0.2) is 39.6 Å². The highest BCUT2D eigenvalue weighted by Crippen LogP contribution is 2.30. The molecular formula is C14H16ClN3O2S. The summed E-state index contributed by atoms with van der Waals surface area (Å²) in [5.74, 6) is -0.849. The number of carbonyl (C=O) groups is 1. The summed E-state index contributed by atoms with van der Waals surface area (Å²) in [7, 11) is 0. The maximum absolute atomic E-state index is 10.8. The third kappa shape index (κ3) is 2.96. The number of hydrogen-bond acceptors (Lipinski definition) is 4. The number of rotatable bonds is 4. The predicted octanol–water partition coefficient (Wildman–Crippen LogP) is 2.99. The number of carboxylic acids is 1. The fourth-order valence-corrected chi connectivity index (χ4v) is 3.60. The van der Waals surface area contributed by atoms with E-state index in [1.165, 1.54) is 18.2 Å². The average molecular weight is 326 g/mol. The molecule has 1 aromatic carbocycles. The normalized spacial score (nSPS) is 15.6. The van der Waals surface area contributed by atoms with Crippen LogP contribution in [-0.2, 0) is 4.79 Å². The molecule has 2 aromatic rings. The standard InChI is InChI=1S/C14H16ClN3O2S/c15-10-5-4-6-11-13(10)18(17-7-2-1-3-8-17)14(16-11)21-9-12(19)20/h4-6H,1-3,7-9H2,(H,19,20). The van der Waals surface area contributed by atoms with Crippen LogP contribution in [0.25, 0.3) is 11.0 Å². The maximum Gasteiger partial charge on any atom is 0.313 e. The molecule has 0 aliphatic carbocycles. The molecule has 1 aliphatic heterocycles. The third-order valence-electron chi connectivity index (χ3n) is 3.51. The maximum atomic E-state index is 10.8. The van der Waals surface area contributed by atoms with Crippen molar-refractivity contribution in [3.8, 4) is 0 Å². The van der Waals surface area contributed by atoms with E-state index in [9.17, 15) is 4.79 Å². The van der Waals surface area contributed by atoms with Gasteiger partial charge in [0.25, 0.3) is 0 Å². The van der Waals surface area contributed by atoms with Gasteiger partial charge in [-0.15, -0.1) is 0 Å². The number of fused-ring (bicyclic) bond motifs is 1. The van der Waals surface area contributed by atoms with Gasteiger partial charge in [-0.05, 0) is 31.4 Å². The predicted molar refractivity (Wildman–Crippen MR) is 84.9 cm³/mol. The van der Waals surface area contributed by atoms with Gasteiger partial charge >= 0.3 is 5.97 Å². The lowest BCUT2D eigenvalue weighted by atomic mass is 10.2. The largest absolute Gasteiger partial charge is 0.481 e. The topological polar surface area (TPSA) is 58.4 Å². The molecule has 0 radical (unpaired) electrons. The van der Waals surface area contributed by atoms with Crippen LogP contribution in [0.2, 0.25) is 5.02 Å². The number of halogens is 1. The number of imidazole rings is 1. The van der Waals surface area contributed by atoms with Crippen LogP contribution in [0.4, 0.5) is 0 Å². The zero-order chi connectivity index (χ0) is 14.8. The van der Waals surface area contributed by atoms with E-state index in [1.807, 2.05) is 22.9 Å². The highest BCUT2D eigenvalue weighted by atomic mass is 35.5. The molecule has 0 saturated carbocycles. The number of benzene rings is 1.